The fourth-order valence-corrected chi connectivity index (χ4v) is 2.24. The van der Waals surface area contributed by atoms with E-state index in [-0.39, 0.29) is 0 Å². The van der Waals surface area contributed by atoms with Gasteiger partial charge in [-0.3, -0.25) is 0 Å². The molecule has 1 N–H and O–H groups in total. The highest BCUT2D eigenvalue weighted by molar-refractivity contribution is 5.89. The summed E-state index contributed by atoms with van der Waals surface area (Å²) in [5, 5.41) is 8.57. The third kappa shape index (κ3) is 5.44. The molecule has 0 spiro atoms. The SMILES string of the molecule is Cc1ccccc1C(=O)O.c1ccc(Cc2ccccc2)cc1. The highest BCUT2D eigenvalue weighted by atomic mass is 16.4. The first-order valence-electron chi connectivity index (χ1n) is 7.53. The minimum absolute atomic E-state index is 0.377. The number of hydrogen-bond donors (Lipinski definition) is 1. The molecule has 3 aromatic rings. The average Bonchev–Trinajstić information content (AvgIpc) is 2.57. The molecule has 0 radical (unpaired) electrons. The van der Waals surface area contributed by atoms with Crippen molar-refractivity contribution in [3.05, 3.63) is 107 Å². The second-order valence-corrected chi connectivity index (χ2v) is 5.27. The largest absolute Gasteiger partial charge is 0.478 e. The van der Waals surface area contributed by atoms with Crippen molar-refractivity contribution in [2.24, 2.45) is 0 Å². The number of rotatable bonds is 3. The number of hydrogen-bond acceptors (Lipinski definition) is 1. The van der Waals surface area contributed by atoms with Crippen molar-refractivity contribution in [2.45, 2.75) is 13.3 Å². The molecule has 0 heterocycles. The van der Waals surface area contributed by atoms with Crippen LogP contribution < -0.4 is 0 Å². The van der Waals surface area contributed by atoms with E-state index in [9.17, 15) is 4.79 Å². The van der Waals surface area contributed by atoms with E-state index in [4.69, 9.17) is 5.11 Å². The quantitative estimate of drug-likeness (QED) is 0.741. The smallest absolute Gasteiger partial charge is 0.335 e. The van der Waals surface area contributed by atoms with Gasteiger partial charge < -0.3 is 5.11 Å². The molecule has 0 bridgehead atoms. The van der Waals surface area contributed by atoms with Crippen molar-refractivity contribution in [1.82, 2.24) is 0 Å². The molecule has 116 valence electrons. The van der Waals surface area contributed by atoms with Gasteiger partial charge in [0, 0.05) is 0 Å². The average molecular weight is 304 g/mol. The Balaban J connectivity index is 0.000000174. The van der Waals surface area contributed by atoms with Crippen LogP contribution in [0.25, 0.3) is 0 Å². The van der Waals surface area contributed by atoms with Crippen molar-refractivity contribution in [2.75, 3.05) is 0 Å². The Bertz CT molecular complexity index is 697. The van der Waals surface area contributed by atoms with Crippen LogP contribution >= 0.6 is 0 Å². The molecule has 23 heavy (non-hydrogen) atoms. The Morgan fingerprint density at radius 3 is 1.57 bits per heavy atom. The fourth-order valence-electron chi connectivity index (χ4n) is 2.24. The van der Waals surface area contributed by atoms with Gasteiger partial charge in [0.2, 0.25) is 0 Å². The molecular formula is C21H20O2. The molecule has 0 saturated heterocycles. The van der Waals surface area contributed by atoms with E-state index in [1.807, 2.05) is 6.07 Å². The van der Waals surface area contributed by atoms with E-state index in [0.29, 0.717) is 5.56 Å². The first-order valence-corrected chi connectivity index (χ1v) is 7.53. The maximum atomic E-state index is 10.4. The molecule has 3 aromatic carbocycles. The molecule has 0 saturated carbocycles. The lowest BCUT2D eigenvalue weighted by atomic mass is 10.1. The Kier molecular flexibility index (Phi) is 6.13. The monoisotopic (exact) mass is 304 g/mol. The summed E-state index contributed by atoms with van der Waals surface area (Å²) in [4.78, 5) is 10.4. The van der Waals surface area contributed by atoms with Crippen molar-refractivity contribution in [3.63, 3.8) is 0 Å². The number of benzene rings is 3. The first kappa shape index (κ1) is 16.5. The highest BCUT2D eigenvalue weighted by Gasteiger charge is 2.02. The van der Waals surface area contributed by atoms with Crippen LogP contribution in [0.15, 0.2) is 84.9 Å². The van der Waals surface area contributed by atoms with Crippen molar-refractivity contribution in [1.29, 1.82) is 0 Å². The number of carboxylic acids is 1. The van der Waals surface area contributed by atoms with Crippen LogP contribution in [-0.4, -0.2) is 11.1 Å². The van der Waals surface area contributed by atoms with Crippen LogP contribution in [0, 0.1) is 6.92 Å². The van der Waals surface area contributed by atoms with E-state index < -0.39 is 5.97 Å². The van der Waals surface area contributed by atoms with E-state index in [2.05, 4.69) is 60.7 Å². The Morgan fingerprint density at radius 2 is 1.17 bits per heavy atom. The van der Waals surface area contributed by atoms with Gasteiger partial charge in [-0.25, -0.2) is 4.79 Å². The number of carboxylic acid groups (broad SMARTS) is 1. The Labute approximate surface area is 137 Å². The third-order valence-corrected chi connectivity index (χ3v) is 3.47. The molecule has 2 heteroatoms. The van der Waals surface area contributed by atoms with Crippen molar-refractivity contribution >= 4 is 5.97 Å². The van der Waals surface area contributed by atoms with Crippen molar-refractivity contribution in [3.8, 4) is 0 Å². The molecule has 0 aliphatic carbocycles. The molecule has 0 aliphatic heterocycles. The molecule has 0 aromatic heterocycles. The normalized spacial score (nSPS) is 9.61. The van der Waals surface area contributed by atoms with Gasteiger partial charge in [-0.15, -0.1) is 0 Å². The maximum absolute atomic E-state index is 10.4. The molecule has 0 unspecified atom stereocenters. The molecule has 0 atom stereocenters. The lowest BCUT2D eigenvalue weighted by Gasteiger charge is -2.00. The first-order chi connectivity index (χ1) is 11.2. The van der Waals surface area contributed by atoms with E-state index in [0.717, 1.165) is 12.0 Å². The minimum atomic E-state index is -0.863. The Hall–Kier alpha value is -2.87. The van der Waals surface area contributed by atoms with Crippen LogP contribution in [0.5, 0.6) is 0 Å². The van der Waals surface area contributed by atoms with Crippen molar-refractivity contribution < 1.29 is 9.90 Å². The standard InChI is InChI=1S/C13H12.C8H8O2/c1-3-7-12(8-4-1)11-13-9-5-2-6-10-13;1-6-4-2-3-5-7(6)8(9)10/h1-10H,11H2;2-5H,1H3,(H,9,10). The Morgan fingerprint density at radius 1 is 0.739 bits per heavy atom. The second kappa shape index (κ2) is 8.54. The topological polar surface area (TPSA) is 37.3 Å². The zero-order valence-corrected chi connectivity index (χ0v) is 13.1. The predicted octanol–water partition coefficient (Wildman–Crippen LogP) is 4.97. The number of aryl methyl sites for hydroxylation is 1. The van der Waals surface area contributed by atoms with E-state index in [1.54, 1.807) is 25.1 Å². The number of carbonyl (C=O) groups is 1. The van der Waals surface area contributed by atoms with Gasteiger partial charge >= 0.3 is 5.97 Å². The van der Waals surface area contributed by atoms with Gasteiger partial charge in [-0.05, 0) is 36.1 Å². The van der Waals surface area contributed by atoms with Gasteiger partial charge in [0.05, 0.1) is 5.56 Å². The summed E-state index contributed by atoms with van der Waals surface area (Å²) in [6.07, 6.45) is 1.03. The molecule has 0 fully saturated rings. The summed E-state index contributed by atoms with van der Waals surface area (Å²) in [5.74, 6) is -0.863. The summed E-state index contributed by atoms with van der Waals surface area (Å²) in [6, 6.07) is 28.0. The summed E-state index contributed by atoms with van der Waals surface area (Å²) in [5.41, 5.74) is 3.92. The van der Waals surface area contributed by atoms with Crippen LogP contribution in [0.3, 0.4) is 0 Å². The summed E-state index contributed by atoms with van der Waals surface area (Å²) < 4.78 is 0. The maximum Gasteiger partial charge on any atom is 0.335 e. The molecule has 2 nitrogen and oxygen atoms in total. The molecular weight excluding hydrogens is 284 g/mol. The van der Waals surface area contributed by atoms with Crippen LogP contribution in [0.2, 0.25) is 0 Å². The lowest BCUT2D eigenvalue weighted by molar-refractivity contribution is 0.0696. The zero-order chi connectivity index (χ0) is 16.5. The van der Waals surface area contributed by atoms with Gasteiger partial charge in [-0.1, -0.05) is 78.9 Å². The third-order valence-electron chi connectivity index (χ3n) is 3.47. The van der Waals surface area contributed by atoms with E-state index in [1.165, 1.54) is 11.1 Å². The molecule has 0 amide bonds. The minimum Gasteiger partial charge on any atom is -0.478 e. The van der Waals surface area contributed by atoms with Gasteiger partial charge in [0.15, 0.2) is 0 Å². The van der Waals surface area contributed by atoms with Crippen LogP contribution in [0.4, 0.5) is 0 Å². The number of aromatic carboxylic acids is 1. The van der Waals surface area contributed by atoms with Gasteiger partial charge in [0.1, 0.15) is 0 Å². The van der Waals surface area contributed by atoms with Gasteiger partial charge in [-0.2, -0.15) is 0 Å². The van der Waals surface area contributed by atoms with Crippen LogP contribution in [0.1, 0.15) is 27.0 Å². The summed E-state index contributed by atoms with van der Waals surface area (Å²) >= 11 is 0. The summed E-state index contributed by atoms with van der Waals surface area (Å²) in [7, 11) is 0. The second-order valence-electron chi connectivity index (χ2n) is 5.27. The van der Waals surface area contributed by atoms with E-state index >= 15 is 0 Å². The predicted molar refractivity (Wildman–Crippen MR) is 93.8 cm³/mol. The summed E-state index contributed by atoms with van der Waals surface area (Å²) in [6.45, 7) is 1.78. The fraction of sp³-hybridized carbons (Fsp3) is 0.0952. The van der Waals surface area contributed by atoms with Crippen LogP contribution in [-0.2, 0) is 6.42 Å². The van der Waals surface area contributed by atoms with Gasteiger partial charge in [0.25, 0.3) is 0 Å². The highest BCUT2D eigenvalue weighted by Crippen LogP contribution is 2.08. The zero-order valence-electron chi connectivity index (χ0n) is 13.1. The lowest BCUT2D eigenvalue weighted by Crippen LogP contribution is -1.97. The molecule has 0 aliphatic rings. The molecule has 3 rings (SSSR count).